The molecule has 0 saturated heterocycles. The Balaban J connectivity index is 2.22. The molecule has 0 radical (unpaired) electrons. The van der Waals surface area contributed by atoms with Crippen LogP contribution in [0.4, 0.5) is 4.39 Å². The average Bonchev–Trinajstić information content (AvgIpc) is 2.47. The van der Waals surface area contributed by atoms with Crippen molar-refractivity contribution in [1.29, 1.82) is 5.26 Å². The van der Waals surface area contributed by atoms with E-state index in [0.29, 0.717) is 11.5 Å². The lowest BCUT2D eigenvalue weighted by atomic mass is 10.1. The second-order valence-electron chi connectivity index (χ2n) is 4.44. The standard InChI is InChI=1S/C16H15FN2O/c1-2-16(19)11-4-3-5-13(8-11)20-14-7-6-12(10-18)15(17)9-14/h3-9,16H,2,19H2,1H3. The normalized spacial score (nSPS) is 11.7. The Bertz CT molecular complexity index is 649. The molecule has 102 valence electrons. The fourth-order valence-corrected chi connectivity index (χ4v) is 1.83. The maximum Gasteiger partial charge on any atom is 0.144 e. The zero-order chi connectivity index (χ0) is 14.5. The first kappa shape index (κ1) is 14.0. The number of nitriles is 1. The van der Waals surface area contributed by atoms with Crippen molar-refractivity contribution in [3.8, 4) is 17.6 Å². The van der Waals surface area contributed by atoms with E-state index in [4.69, 9.17) is 15.7 Å². The number of nitrogens with zero attached hydrogens (tertiary/aromatic N) is 1. The summed E-state index contributed by atoms with van der Waals surface area (Å²) in [4.78, 5) is 0. The highest BCUT2D eigenvalue weighted by molar-refractivity contribution is 5.39. The molecule has 0 spiro atoms. The highest BCUT2D eigenvalue weighted by Gasteiger charge is 2.07. The fourth-order valence-electron chi connectivity index (χ4n) is 1.83. The summed E-state index contributed by atoms with van der Waals surface area (Å²) in [5.74, 6) is 0.352. The summed E-state index contributed by atoms with van der Waals surface area (Å²) in [7, 11) is 0. The Kier molecular flexibility index (Phi) is 4.34. The Morgan fingerprint density at radius 2 is 2.00 bits per heavy atom. The van der Waals surface area contributed by atoms with Crippen LogP contribution >= 0.6 is 0 Å². The fraction of sp³-hybridized carbons (Fsp3) is 0.188. The van der Waals surface area contributed by atoms with E-state index in [0.717, 1.165) is 12.0 Å². The maximum atomic E-state index is 13.5. The molecular weight excluding hydrogens is 255 g/mol. The van der Waals surface area contributed by atoms with Gasteiger partial charge in [0.05, 0.1) is 5.56 Å². The number of hydrogen-bond donors (Lipinski definition) is 1. The summed E-state index contributed by atoms with van der Waals surface area (Å²) in [5.41, 5.74) is 6.94. The van der Waals surface area contributed by atoms with Crippen LogP contribution in [0.15, 0.2) is 42.5 Å². The molecule has 0 amide bonds. The minimum atomic E-state index is -0.591. The molecule has 0 bridgehead atoms. The quantitative estimate of drug-likeness (QED) is 0.916. The van der Waals surface area contributed by atoms with Crippen LogP contribution in [0, 0.1) is 17.1 Å². The summed E-state index contributed by atoms with van der Waals surface area (Å²) in [6, 6.07) is 13.3. The first-order valence-electron chi connectivity index (χ1n) is 6.37. The minimum Gasteiger partial charge on any atom is -0.457 e. The Morgan fingerprint density at radius 3 is 2.65 bits per heavy atom. The highest BCUT2D eigenvalue weighted by atomic mass is 19.1. The van der Waals surface area contributed by atoms with Gasteiger partial charge in [0.25, 0.3) is 0 Å². The van der Waals surface area contributed by atoms with Gasteiger partial charge in [-0.15, -0.1) is 0 Å². The van der Waals surface area contributed by atoms with E-state index in [1.165, 1.54) is 12.1 Å². The molecule has 20 heavy (non-hydrogen) atoms. The maximum absolute atomic E-state index is 13.5. The number of halogens is 1. The van der Waals surface area contributed by atoms with E-state index >= 15 is 0 Å². The highest BCUT2D eigenvalue weighted by Crippen LogP contribution is 2.26. The van der Waals surface area contributed by atoms with Gasteiger partial charge in [-0.25, -0.2) is 4.39 Å². The van der Waals surface area contributed by atoms with Gasteiger partial charge in [-0.05, 0) is 36.2 Å². The Labute approximate surface area is 117 Å². The predicted octanol–water partition coefficient (Wildman–Crippen LogP) is 3.90. The van der Waals surface area contributed by atoms with E-state index in [-0.39, 0.29) is 11.6 Å². The van der Waals surface area contributed by atoms with Crippen LogP contribution in [-0.4, -0.2) is 0 Å². The van der Waals surface area contributed by atoms with Gasteiger partial charge in [0.2, 0.25) is 0 Å². The second kappa shape index (κ2) is 6.18. The summed E-state index contributed by atoms with van der Waals surface area (Å²) in [6.07, 6.45) is 0.828. The molecule has 2 rings (SSSR count). The number of hydrogen-bond acceptors (Lipinski definition) is 3. The molecule has 0 aliphatic carbocycles. The molecule has 0 aliphatic heterocycles. The molecule has 2 N–H and O–H groups in total. The summed E-state index contributed by atoms with van der Waals surface area (Å²) < 4.78 is 19.1. The topological polar surface area (TPSA) is 59.0 Å². The molecule has 3 nitrogen and oxygen atoms in total. The van der Waals surface area contributed by atoms with Crippen molar-refractivity contribution in [2.75, 3.05) is 0 Å². The van der Waals surface area contributed by atoms with Crippen LogP contribution in [0.1, 0.15) is 30.5 Å². The van der Waals surface area contributed by atoms with E-state index < -0.39 is 5.82 Å². The summed E-state index contributed by atoms with van der Waals surface area (Å²) in [6.45, 7) is 2.01. The van der Waals surface area contributed by atoms with Crippen molar-refractivity contribution in [3.63, 3.8) is 0 Å². The molecule has 1 atom stereocenters. The third-order valence-electron chi connectivity index (χ3n) is 3.02. The molecule has 4 heteroatoms. The number of ether oxygens (including phenoxy) is 1. The van der Waals surface area contributed by atoms with E-state index in [1.54, 1.807) is 18.2 Å². The molecular formula is C16H15FN2O. The van der Waals surface area contributed by atoms with Crippen molar-refractivity contribution < 1.29 is 9.13 Å². The second-order valence-corrected chi connectivity index (χ2v) is 4.44. The minimum absolute atomic E-state index is 0.000828. The molecule has 0 aliphatic rings. The molecule has 0 saturated carbocycles. The van der Waals surface area contributed by atoms with Gasteiger partial charge >= 0.3 is 0 Å². The lowest BCUT2D eigenvalue weighted by molar-refractivity contribution is 0.475. The van der Waals surface area contributed by atoms with Crippen LogP contribution < -0.4 is 10.5 Å². The molecule has 0 fully saturated rings. The molecule has 2 aromatic rings. The molecule has 1 unspecified atom stereocenters. The average molecular weight is 270 g/mol. The number of benzene rings is 2. The van der Waals surface area contributed by atoms with Gasteiger partial charge in [-0.2, -0.15) is 5.26 Å². The third kappa shape index (κ3) is 3.14. The van der Waals surface area contributed by atoms with Crippen molar-refractivity contribution in [2.24, 2.45) is 5.73 Å². The van der Waals surface area contributed by atoms with E-state index in [1.807, 2.05) is 25.1 Å². The van der Waals surface area contributed by atoms with Crippen molar-refractivity contribution in [1.82, 2.24) is 0 Å². The van der Waals surface area contributed by atoms with Crippen LogP contribution in [0.25, 0.3) is 0 Å². The van der Waals surface area contributed by atoms with Crippen molar-refractivity contribution in [3.05, 3.63) is 59.4 Å². The Morgan fingerprint density at radius 1 is 1.25 bits per heavy atom. The van der Waals surface area contributed by atoms with Crippen LogP contribution in [0.2, 0.25) is 0 Å². The first-order valence-corrected chi connectivity index (χ1v) is 6.37. The number of nitrogens with two attached hydrogens (primary N) is 1. The largest absolute Gasteiger partial charge is 0.457 e. The SMILES string of the molecule is CCC(N)c1cccc(Oc2ccc(C#N)c(F)c2)c1. The van der Waals surface area contributed by atoms with Crippen molar-refractivity contribution in [2.45, 2.75) is 19.4 Å². The third-order valence-corrected chi connectivity index (χ3v) is 3.02. The monoisotopic (exact) mass is 270 g/mol. The first-order chi connectivity index (χ1) is 9.63. The zero-order valence-corrected chi connectivity index (χ0v) is 11.1. The van der Waals surface area contributed by atoms with Crippen molar-refractivity contribution >= 4 is 0 Å². The van der Waals surface area contributed by atoms with Crippen LogP contribution in [0.5, 0.6) is 11.5 Å². The summed E-state index contributed by atoms with van der Waals surface area (Å²) in [5, 5.41) is 8.68. The number of rotatable bonds is 4. The van der Waals surface area contributed by atoms with E-state index in [2.05, 4.69) is 0 Å². The molecule has 0 aromatic heterocycles. The van der Waals surface area contributed by atoms with Gasteiger partial charge < -0.3 is 10.5 Å². The smallest absolute Gasteiger partial charge is 0.144 e. The van der Waals surface area contributed by atoms with Gasteiger partial charge in [-0.3, -0.25) is 0 Å². The zero-order valence-electron chi connectivity index (χ0n) is 11.1. The molecule has 2 aromatic carbocycles. The Hall–Kier alpha value is -2.38. The van der Waals surface area contributed by atoms with Crippen LogP contribution in [-0.2, 0) is 0 Å². The van der Waals surface area contributed by atoms with Gasteiger partial charge in [0, 0.05) is 12.1 Å². The lowest BCUT2D eigenvalue weighted by Gasteiger charge is -2.11. The summed E-state index contributed by atoms with van der Waals surface area (Å²) >= 11 is 0. The van der Waals surface area contributed by atoms with E-state index in [9.17, 15) is 4.39 Å². The van der Waals surface area contributed by atoms with Gasteiger partial charge in [0.1, 0.15) is 23.4 Å². The predicted molar refractivity (Wildman–Crippen MR) is 74.9 cm³/mol. The van der Waals surface area contributed by atoms with Gasteiger partial charge in [-0.1, -0.05) is 19.1 Å². The van der Waals surface area contributed by atoms with Gasteiger partial charge in [0.15, 0.2) is 0 Å². The molecule has 0 heterocycles. The van der Waals surface area contributed by atoms with Crippen LogP contribution in [0.3, 0.4) is 0 Å². The lowest BCUT2D eigenvalue weighted by Crippen LogP contribution is -2.08.